The first kappa shape index (κ1) is 12.9. The van der Waals surface area contributed by atoms with Crippen LogP contribution in [0.25, 0.3) is 11.3 Å². The Bertz CT molecular complexity index is 642. The maximum Gasteiger partial charge on any atom is 0.264 e. The SMILES string of the molecule is Cc1cc(-c2ccc(=O)[nH]n2)ccc1OCCN1CC1. The van der Waals surface area contributed by atoms with Gasteiger partial charge in [-0.3, -0.25) is 9.69 Å². The highest BCUT2D eigenvalue weighted by Gasteiger charge is 2.16. The first-order valence-corrected chi connectivity index (χ1v) is 6.74. The van der Waals surface area contributed by atoms with Crippen LogP contribution in [0.4, 0.5) is 0 Å². The summed E-state index contributed by atoms with van der Waals surface area (Å²) >= 11 is 0. The average molecular weight is 271 g/mol. The number of aromatic amines is 1. The summed E-state index contributed by atoms with van der Waals surface area (Å²) < 4.78 is 5.78. The summed E-state index contributed by atoms with van der Waals surface area (Å²) in [7, 11) is 0. The molecule has 104 valence electrons. The van der Waals surface area contributed by atoms with Crippen molar-refractivity contribution in [3.63, 3.8) is 0 Å². The number of aromatic nitrogens is 2. The van der Waals surface area contributed by atoms with Gasteiger partial charge in [-0.25, -0.2) is 5.10 Å². The number of ether oxygens (including phenoxy) is 1. The van der Waals surface area contributed by atoms with Crippen molar-refractivity contribution in [2.75, 3.05) is 26.2 Å². The first-order chi connectivity index (χ1) is 9.72. The van der Waals surface area contributed by atoms with Crippen LogP contribution in [0.2, 0.25) is 0 Å². The largest absolute Gasteiger partial charge is 0.492 e. The van der Waals surface area contributed by atoms with E-state index in [4.69, 9.17) is 4.74 Å². The maximum atomic E-state index is 11.0. The summed E-state index contributed by atoms with van der Waals surface area (Å²) in [5, 5.41) is 6.47. The molecular weight excluding hydrogens is 254 g/mol. The summed E-state index contributed by atoms with van der Waals surface area (Å²) in [5.41, 5.74) is 2.60. The fraction of sp³-hybridized carbons (Fsp3) is 0.333. The lowest BCUT2D eigenvalue weighted by molar-refractivity contribution is 0.290. The zero-order chi connectivity index (χ0) is 13.9. The number of hydrogen-bond donors (Lipinski definition) is 1. The third-order valence-corrected chi connectivity index (χ3v) is 3.35. The number of benzene rings is 1. The third kappa shape index (κ3) is 3.05. The predicted octanol–water partition coefficient (Wildman–Crippen LogP) is 1.44. The van der Waals surface area contributed by atoms with Gasteiger partial charge in [0.05, 0.1) is 5.69 Å². The van der Waals surface area contributed by atoms with E-state index in [9.17, 15) is 4.79 Å². The number of H-pyrrole nitrogens is 1. The number of nitrogens with one attached hydrogen (secondary N) is 1. The third-order valence-electron chi connectivity index (χ3n) is 3.35. The van der Waals surface area contributed by atoms with E-state index in [1.54, 1.807) is 6.07 Å². The molecule has 5 heteroatoms. The highest BCUT2D eigenvalue weighted by atomic mass is 16.5. The van der Waals surface area contributed by atoms with E-state index in [0.29, 0.717) is 0 Å². The van der Waals surface area contributed by atoms with Crippen molar-refractivity contribution in [3.05, 3.63) is 46.2 Å². The Morgan fingerprint density at radius 3 is 2.80 bits per heavy atom. The van der Waals surface area contributed by atoms with Gasteiger partial charge in [0.25, 0.3) is 5.56 Å². The van der Waals surface area contributed by atoms with E-state index in [1.165, 1.54) is 19.2 Å². The number of hydrogen-bond acceptors (Lipinski definition) is 4. The summed E-state index contributed by atoms with van der Waals surface area (Å²) in [6, 6.07) is 9.13. The number of rotatable bonds is 5. The molecule has 5 nitrogen and oxygen atoms in total. The zero-order valence-corrected chi connectivity index (χ0v) is 11.4. The van der Waals surface area contributed by atoms with E-state index in [-0.39, 0.29) is 5.56 Å². The van der Waals surface area contributed by atoms with Gasteiger partial charge in [0.1, 0.15) is 12.4 Å². The van der Waals surface area contributed by atoms with Crippen molar-refractivity contribution in [2.45, 2.75) is 6.92 Å². The van der Waals surface area contributed by atoms with Gasteiger partial charge in [0.2, 0.25) is 0 Å². The standard InChI is InChI=1S/C15H17N3O2/c1-11-10-12(13-3-5-15(19)17-16-13)2-4-14(11)20-9-8-18-6-7-18/h2-5,10H,6-9H2,1H3,(H,17,19). The van der Waals surface area contributed by atoms with Crippen LogP contribution in [0.15, 0.2) is 35.1 Å². The molecule has 1 N–H and O–H groups in total. The second-order valence-corrected chi connectivity index (χ2v) is 4.98. The molecule has 2 heterocycles. The van der Waals surface area contributed by atoms with Crippen LogP contribution < -0.4 is 10.3 Å². The molecule has 3 rings (SSSR count). The van der Waals surface area contributed by atoms with Gasteiger partial charge in [-0.05, 0) is 36.8 Å². The predicted molar refractivity (Wildman–Crippen MR) is 77.0 cm³/mol. The summed E-state index contributed by atoms with van der Waals surface area (Å²) in [5.74, 6) is 0.903. The molecule has 1 aliphatic heterocycles. The molecule has 20 heavy (non-hydrogen) atoms. The molecule has 0 atom stereocenters. The highest BCUT2D eigenvalue weighted by molar-refractivity contribution is 5.61. The second-order valence-electron chi connectivity index (χ2n) is 4.98. The Hall–Kier alpha value is -2.14. The Labute approximate surface area is 117 Å². The van der Waals surface area contributed by atoms with Crippen LogP contribution >= 0.6 is 0 Å². The molecule has 1 aliphatic rings. The first-order valence-electron chi connectivity index (χ1n) is 6.74. The molecule has 0 saturated carbocycles. The van der Waals surface area contributed by atoms with Gasteiger partial charge in [-0.2, -0.15) is 5.10 Å². The van der Waals surface area contributed by atoms with Crippen molar-refractivity contribution >= 4 is 0 Å². The van der Waals surface area contributed by atoms with Crippen LogP contribution in [0, 0.1) is 6.92 Å². The van der Waals surface area contributed by atoms with E-state index < -0.39 is 0 Å². The van der Waals surface area contributed by atoms with E-state index in [2.05, 4.69) is 15.1 Å². The fourth-order valence-corrected chi connectivity index (χ4v) is 2.05. The van der Waals surface area contributed by atoms with Crippen molar-refractivity contribution in [1.82, 2.24) is 15.1 Å². The van der Waals surface area contributed by atoms with Crippen LogP contribution in [-0.4, -0.2) is 41.3 Å². The van der Waals surface area contributed by atoms with Crippen molar-refractivity contribution in [1.29, 1.82) is 0 Å². The minimum Gasteiger partial charge on any atom is -0.492 e. The van der Waals surface area contributed by atoms with E-state index >= 15 is 0 Å². The lowest BCUT2D eigenvalue weighted by Gasteiger charge is -2.10. The van der Waals surface area contributed by atoms with Gasteiger partial charge in [-0.15, -0.1) is 0 Å². The van der Waals surface area contributed by atoms with Crippen molar-refractivity contribution in [2.24, 2.45) is 0 Å². The molecule has 2 aromatic rings. The highest BCUT2D eigenvalue weighted by Crippen LogP contribution is 2.24. The lowest BCUT2D eigenvalue weighted by Crippen LogP contribution is -2.10. The van der Waals surface area contributed by atoms with Crippen molar-refractivity contribution in [3.8, 4) is 17.0 Å². The Morgan fingerprint density at radius 2 is 2.15 bits per heavy atom. The van der Waals surface area contributed by atoms with E-state index in [1.807, 2.05) is 25.1 Å². The fourth-order valence-electron chi connectivity index (χ4n) is 2.05. The molecule has 0 spiro atoms. The molecule has 0 bridgehead atoms. The number of nitrogens with zero attached hydrogens (tertiary/aromatic N) is 2. The van der Waals surface area contributed by atoms with Crippen LogP contribution in [0.5, 0.6) is 5.75 Å². The Kier molecular flexibility index (Phi) is 3.52. The Morgan fingerprint density at radius 1 is 1.30 bits per heavy atom. The molecule has 1 fully saturated rings. The molecular formula is C15H17N3O2. The molecule has 1 aromatic heterocycles. The monoisotopic (exact) mass is 271 g/mol. The second kappa shape index (κ2) is 5.46. The van der Waals surface area contributed by atoms with Crippen molar-refractivity contribution < 1.29 is 4.74 Å². The molecule has 1 aromatic carbocycles. The molecule has 0 amide bonds. The molecule has 0 aliphatic carbocycles. The average Bonchev–Trinajstić information content (AvgIpc) is 3.26. The van der Waals surface area contributed by atoms with Crippen LogP contribution in [0.1, 0.15) is 5.56 Å². The lowest BCUT2D eigenvalue weighted by atomic mass is 10.1. The van der Waals surface area contributed by atoms with Gasteiger partial charge >= 0.3 is 0 Å². The smallest absolute Gasteiger partial charge is 0.264 e. The summed E-state index contributed by atoms with van der Waals surface area (Å²) in [6.07, 6.45) is 0. The van der Waals surface area contributed by atoms with Gasteiger partial charge in [0.15, 0.2) is 0 Å². The van der Waals surface area contributed by atoms with Crippen LogP contribution in [-0.2, 0) is 0 Å². The summed E-state index contributed by atoms with van der Waals surface area (Å²) in [6.45, 7) is 6.11. The topological polar surface area (TPSA) is 58.0 Å². The van der Waals surface area contributed by atoms with Gasteiger partial charge in [-0.1, -0.05) is 0 Å². The quantitative estimate of drug-likeness (QED) is 0.836. The maximum absolute atomic E-state index is 11.0. The number of aryl methyl sites for hydroxylation is 1. The normalized spacial score (nSPS) is 14.2. The van der Waals surface area contributed by atoms with Gasteiger partial charge in [0, 0.05) is 31.3 Å². The minimum absolute atomic E-state index is 0.194. The molecule has 0 radical (unpaired) electrons. The molecule has 0 unspecified atom stereocenters. The summed E-state index contributed by atoms with van der Waals surface area (Å²) in [4.78, 5) is 13.3. The van der Waals surface area contributed by atoms with Gasteiger partial charge < -0.3 is 4.74 Å². The zero-order valence-electron chi connectivity index (χ0n) is 11.4. The molecule has 1 saturated heterocycles. The van der Waals surface area contributed by atoms with E-state index in [0.717, 1.165) is 35.7 Å². The Balaban J connectivity index is 1.72. The minimum atomic E-state index is -0.194. The van der Waals surface area contributed by atoms with Crippen LogP contribution in [0.3, 0.4) is 0 Å².